The number of para-hydroxylation sites is 1. The molecule has 0 radical (unpaired) electrons. The number of hydrogen-bond acceptors (Lipinski definition) is 4. The van der Waals surface area contributed by atoms with Gasteiger partial charge in [0.15, 0.2) is 11.5 Å². The van der Waals surface area contributed by atoms with E-state index in [-0.39, 0.29) is 0 Å². The van der Waals surface area contributed by atoms with Crippen LogP contribution in [-0.4, -0.2) is 56.3 Å². The molecule has 146 valence electrons. The number of H-pyrrole nitrogens is 1. The van der Waals surface area contributed by atoms with Crippen molar-refractivity contribution in [1.82, 2.24) is 4.98 Å². The van der Waals surface area contributed by atoms with Crippen molar-refractivity contribution in [3.63, 3.8) is 0 Å². The first-order chi connectivity index (χ1) is 13.4. The summed E-state index contributed by atoms with van der Waals surface area (Å²) in [6.45, 7) is 1.87. The van der Waals surface area contributed by atoms with Gasteiger partial charge in [-0.25, -0.2) is 4.79 Å². The van der Waals surface area contributed by atoms with E-state index in [1.54, 1.807) is 18.2 Å². The van der Waals surface area contributed by atoms with Crippen molar-refractivity contribution in [3.05, 3.63) is 53.7 Å². The topological polar surface area (TPSA) is 60.6 Å². The summed E-state index contributed by atoms with van der Waals surface area (Å²) >= 11 is 0. The number of aromatic amines is 1. The van der Waals surface area contributed by atoms with Gasteiger partial charge in [0.25, 0.3) is 0 Å². The van der Waals surface area contributed by atoms with E-state index in [2.05, 4.69) is 26.1 Å². The molecule has 0 fully saturated rings. The number of rotatable bonds is 5. The highest BCUT2D eigenvalue weighted by atomic mass is 16.6. The molecular weight excluding hydrogens is 356 g/mol. The minimum atomic E-state index is -0.450. The highest BCUT2D eigenvalue weighted by Gasteiger charge is 2.23. The summed E-state index contributed by atoms with van der Waals surface area (Å²) in [6.07, 6.45) is 2.88. The van der Waals surface area contributed by atoms with Crippen LogP contribution in [0.1, 0.15) is 15.9 Å². The number of quaternary nitrogens is 1. The van der Waals surface area contributed by atoms with E-state index in [1.165, 1.54) is 0 Å². The number of nitrogens with one attached hydrogen (secondary N) is 1. The number of ether oxygens (including phenoxy) is 3. The third kappa shape index (κ3) is 3.68. The molecule has 1 aliphatic rings. The van der Waals surface area contributed by atoms with E-state index in [0.29, 0.717) is 36.0 Å². The lowest BCUT2D eigenvalue weighted by Gasteiger charge is -2.23. The molecule has 6 heteroatoms. The van der Waals surface area contributed by atoms with Gasteiger partial charge >= 0.3 is 5.97 Å². The van der Waals surface area contributed by atoms with Gasteiger partial charge in [-0.15, -0.1) is 0 Å². The van der Waals surface area contributed by atoms with E-state index < -0.39 is 5.97 Å². The van der Waals surface area contributed by atoms with Gasteiger partial charge in [0.2, 0.25) is 0 Å². The lowest BCUT2D eigenvalue weighted by atomic mass is 10.1. The second-order valence-corrected chi connectivity index (χ2v) is 7.98. The van der Waals surface area contributed by atoms with Crippen LogP contribution in [0.2, 0.25) is 0 Å². The first kappa shape index (κ1) is 18.4. The average Bonchev–Trinajstić information content (AvgIpc) is 3.09. The average molecular weight is 381 g/mol. The molecule has 0 aliphatic carbocycles. The molecule has 3 aromatic rings. The van der Waals surface area contributed by atoms with Gasteiger partial charge in [-0.05, 0) is 29.8 Å². The molecule has 0 amide bonds. The van der Waals surface area contributed by atoms with Gasteiger partial charge in [0, 0.05) is 23.5 Å². The zero-order valence-corrected chi connectivity index (χ0v) is 16.5. The van der Waals surface area contributed by atoms with Crippen molar-refractivity contribution in [2.45, 2.75) is 6.42 Å². The Bertz CT molecular complexity index is 1020. The normalized spacial score (nSPS) is 13.5. The Morgan fingerprint density at radius 2 is 1.89 bits per heavy atom. The fourth-order valence-electron chi connectivity index (χ4n) is 3.35. The summed E-state index contributed by atoms with van der Waals surface area (Å²) in [5, 5.41) is 0.950. The Hall–Kier alpha value is -2.99. The molecule has 0 saturated carbocycles. The Morgan fingerprint density at radius 1 is 1.11 bits per heavy atom. The van der Waals surface area contributed by atoms with E-state index >= 15 is 0 Å². The molecule has 0 unspecified atom stereocenters. The number of esters is 1. The number of hydrogen-bond donors (Lipinski definition) is 1. The Morgan fingerprint density at radius 3 is 2.71 bits per heavy atom. The number of carbonyl (C=O) groups is 1. The van der Waals surface area contributed by atoms with Crippen molar-refractivity contribution in [1.29, 1.82) is 0 Å². The van der Waals surface area contributed by atoms with Crippen molar-refractivity contribution in [3.8, 4) is 17.2 Å². The number of likely N-dealkylation sites (N-methyl/N-ethyl adjacent to an activating group) is 1. The molecule has 0 spiro atoms. The molecule has 1 aliphatic heterocycles. The minimum absolute atomic E-state index is 0.373. The maximum absolute atomic E-state index is 12.9. The van der Waals surface area contributed by atoms with Crippen LogP contribution < -0.4 is 14.2 Å². The molecule has 2 heterocycles. The minimum Gasteiger partial charge on any atom is -0.486 e. The molecule has 6 nitrogen and oxygen atoms in total. The molecule has 1 N–H and O–H groups in total. The lowest BCUT2D eigenvalue weighted by molar-refractivity contribution is -0.870. The summed E-state index contributed by atoms with van der Waals surface area (Å²) in [5.74, 6) is 1.12. The van der Waals surface area contributed by atoms with Gasteiger partial charge in [-0.3, -0.25) is 0 Å². The first-order valence-corrected chi connectivity index (χ1v) is 9.42. The fourth-order valence-corrected chi connectivity index (χ4v) is 3.35. The second-order valence-electron chi connectivity index (χ2n) is 7.98. The van der Waals surface area contributed by atoms with Crippen molar-refractivity contribution < 1.29 is 23.5 Å². The highest BCUT2D eigenvalue weighted by molar-refractivity contribution is 5.98. The third-order valence-electron chi connectivity index (χ3n) is 4.79. The summed E-state index contributed by atoms with van der Waals surface area (Å²) in [6, 6.07) is 11.0. The second kappa shape index (κ2) is 7.20. The maximum Gasteiger partial charge on any atom is 0.347 e. The summed E-state index contributed by atoms with van der Waals surface area (Å²) in [5.41, 5.74) is 2.47. The van der Waals surface area contributed by atoms with Crippen LogP contribution in [0.15, 0.2) is 42.6 Å². The first-order valence-electron chi connectivity index (χ1n) is 9.42. The summed E-state index contributed by atoms with van der Waals surface area (Å²) < 4.78 is 17.9. The predicted molar refractivity (Wildman–Crippen MR) is 107 cm³/mol. The monoisotopic (exact) mass is 381 g/mol. The van der Waals surface area contributed by atoms with Gasteiger partial charge in [0.1, 0.15) is 24.5 Å². The molecule has 1 aromatic heterocycles. The highest BCUT2D eigenvalue weighted by Crippen LogP contribution is 2.35. The van der Waals surface area contributed by atoms with E-state index in [9.17, 15) is 4.79 Å². The number of aromatic nitrogens is 1. The number of carbonyl (C=O) groups excluding carboxylic acids is 1. The van der Waals surface area contributed by atoms with Crippen LogP contribution in [0.3, 0.4) is 0 Å². The van der Waals surface area contributed by atoms with Gasteiger partial charge in [0.05, 0.1) is 27.7 Å². The Labute approximate surface area is 164 Å². The SMILES string of the molecule is C[N+](C)(C)CCc1c[nH]c2cccc(OC(=O)c3cccc4c3OCCO4)c12. The Kier molecular flexibility index (Phi) is 4.73. The largest absolute Gasteiger partial charge is 0.486 e. The smallest absolute Gasteiger partial charge is 0.347 e. The molecule has 28 heavy (non-hydrogen) atoms. The van der Waals surface area contributed by atoms with Crippen LogP contribution in [0.4, 0.5) is 0 Å². The van der Waals surface area contributed by atoms with Crippen molar-refractivity contribution in [2.75, 3.05) is 40.9 Å². The summed E-state index contributed by atoms with van der Waals surface area (Å²) in [4.78, 5) is 16.2. The predicted octanol–water partition coefficient (Wildman–Crippen LogP) is 3.41. The van der Waals surface area contributed by atoms with Crippen LogP contribution in [0, 0.1) is 0 Å². The van der Waals surface area contributed by atoms with Crippen molar-refractivity contribution >= 4 is 16.9 Å². The zero-order chi connectivity index (χ0) is 19.7. The lowest BCUT2D eigenvalue weighted by Crippen LogP contribution is -2.36. The van der Waals surface area contributed by atoms with Gasteiger partial charge < -0.3 is 23.7 Å². The van der Waals surface area contributed by atoms with E-state index in [4.69, 9.17) is 14.2 Å². The number of fused-ring (bicyclic) bond motifs is 2. The number of benzene rings is 2. The molecule has 0 bridgehead atoms. The van der Waals surface area contributed by atoms with Crippen LogP contribution in [0.25, 0.3) is 10.9 Å². The summed E-state index contributed by atoms with van der Waals surface area (Å²) in [7, 11) is 6.49. The van der Waals surface area contributed by atoms with Crippen LogP contribution in [0.5, 0.6) is 17.2 Å². The molecular formula is C22H25N2O4+. The van der Waals surface area contributed by atoms with E-state index in [1.807, 2.05) is 24.4 Å². The Balaban J connectivity index is 1.65. The van der Waals surface area contributed by atoms with Crippen molar-refractivity contribution in [2.24, 2.45) is 0 Å². The zero-order valence-electron chi connectivity index (χ0n) is 16.5. The third-order valence-corrected chi connectivity index (χ3v) is 4.79. The van der Waals surface area contributed by atoms with Crippen LogP contribution in [-0.2, 0) is 6.42 Å². The quantitative estimate of drug-likeness (QED) is 0.418. The van der Waals surface area contributed by atoms with Crippen LogP contribution >= 0.6 is 0 Å². The molecule has 0 atom stereocenters. The fraction of sp³-hybridized carbons (Fsp3) is 0.318. The molecule has 0 saturated heterocycles. The standard InChI is InChI=1S/C22H25N2O4/c1-24(2,3)11-10-15-14-23-17-7-5-8-18(20(15)17)28-22(25)16-6-4-9-19-21(16)27-13-12-26-19/h4-9,14,23H,10-13H2,1-3H3/q+1. The molecule has 4 rings (SSSR count). The molecule has 2 aromatic carbocycles. The number of nitrogens with zero attached hydrogens (tertiary/aromatic N) is 1. The van der Waals surface area contributed by atoms with Gasteiger partial charge in [-0.2, -0.15) is 0 Å². The van der Waals surface area contributed by atoms with Gasteiger partial charge in [-0.1, -0.05) is 12.1 Å². The maximum atomic E-state index is 12.9. The van der Waals surface area contributed by atoms with E-state index in [0.717, 1.165) is 33.9 Å².